The van der Waals surface area contributed by atoms with Crippen LogP contribution in [0.3, 0.4) is 0 Å². The summed E-state index contributed by atoms with van der Waals surface area (Å²) in [5.41, 5.74) is 0. The van der Waals surface area contributed by atoms with Gasteiger partial charge in [0, 0.05) is 20.8 Å². The summed E-state index contributed by atoms with van der Waals surface area (Å²) < 4.78 is 58.6. The average Bonchev–Trinajstić information content (AvgIpc) is 2.41. The largest absolute Gasteiger partial charge is 0.234 e. The summed E-state index contributed by atoms with van der Waals surface area (Å²) in [4.78, 5) is 3.66. The molecule has 1 aromatic rings. The Hall–Kier alpha value is 0.110. The van der Waals surface area contributed by atoms with Crippen LogP contribution in [0.15, 0.2) is 9.96 Å². The molecule has 0 spiro atoms. The van der Waals surface area contributed by atoms with E-state index in [-0.39, 0.29) is 9.96 Å². The summed E-state index contributed by atoms with van der Waals surface area (Å²) in [6.07, 6.45) is 0. The van der Waals surface area contributed by atoms with E-state index in [1.807, 2.05) is 0 Å². The Kier molecular flexibility index (Phi) is 0.636. The van der Waals surface area contributed by atoms with Crippen LogP contribution < -0.4 is 0 Å². The second-order valence-corrected chi connectivity index (χ2v) is 2.83. The first-order valence-corrected chi connectivity index (χ1v) is 3.65. The number of halogens is 1. The number of aromatic nitrogens is 1. The van der Waals surface area contributed by atoms with E-state index in [4.69, 9.17) is 11.0 Å². The van der Waals surface area contributed by atoms with Crippen molar-refractivity contribution < 1.29 is 11.0 Å². The molecule has 0 aromatic carbocycles. The van der Waals surface area contributed by atoms with Gasteiger partial charge in [-0.25, -0.2) is 4.98 Å². The third kappa shape index (κ3) is 1.76. The summed E-state index contributed by atoms with van der Waals surface area (Å²) in [6.45, 7) is -6.11. The van der Waals surface area contributed by atoms with Gasteiger partial charge in [0.1, 0.15) is 4.60 Å². The molecule has 3 heteroatoms. The molecule has 0 saturated carbocycles. The monoisotopic (exact) mass is 213 g/mol. The maximum atomic E-state index is 7.79. The van der Waals surface area contributed by atoms with Crippen LogP contribution in [0, 0.1) is 0 Å². The highest BCUT2D eigenvalue weighted by Crippen LogP contribution is 2.21. The van der Waals surface area contributed by atoms with E-state index >= 15 is 0 Å². The minimum Gasteiger partial charge on any atom is -0.234 e. The van der Waals surface area contributed by atoms with Crippen LogP contribution in [-0.2, 0) is 0 Å². The molecule has 1 rings (SSSR count). The fourth-order valence-corrected chi connectivity index (χ4v) is 1.34. The Labute approximate surface area is 78.5 Å². The van der Waals surface area contributed by atoms with Crippen molar-refractivity contribution in [1.82, 2.24) is 4.98 Å². The van der Waals surface area contributed by atoms with Crippen molar-refractivity contribution >= 4 is 27.3 Å². The highest BCUT2D eigenvalue weighted by Gasteiger charge is 2.02. The van der Waals surface area contributed by atoms with Gasteiger partial charge in [-0.2, -0.15) is 0 Å². The fourth-order valence-electron chi connectivity index (χ4n) is 0.332. The molecule has 0 aliphatic rings. The van der Waals surface area contributed by atoms with Crippen LogP contribution in [0.5, 0.6) is 0 Å². The fraction of sp³-hybridized carbons (Fsp3) is 0.500. The number of thiazole rings is 1. The first-order valence-electron chi connectivity index (χ1n) is 6.04. The maximum absolute atomic E-state index is 7.79. The second kappa shape index (κ2) is 2.80. The Bertz CT molecular complexity index is 387. The van der Waals surface area contributed by atoms with Gasteiger partial charge in [0.05, 0.1) is 6.38 Å². The molecular weight excluding hydrogens is 198 g/mol. The van der Waals surface area contributed by atoms with Crippen molar-refractivity contribution in [3.8, 4) is 0 Å². The smallest absolute Gasteiger partial charge is 0.117 e. The van der Waals surface area contributed by atoms with Crippen molar-refractivity contribution in [1.29, 1.82) is 0 Å². The second-order valence-electron chi connectivity index (χ2n) is 1.29. The van der Waals surface area contributed by atoms with Crippen LogP contribution in [0.2, 0.25) is 0 Å². The van der Waals surface area contributed by atoms with Crippen molar-refractivity contribution in [2.24, 2.45) is 0 Å². The molecule has 1 aromatic heterocycles. The predicted molar refractivity (Wildman–Crippen MR) is 43.9 cm³/mol. The van der Waals surface area contributed by atoms with Gasteiger partial charge in [-0.15, -0.1) is 11.3 Å². The molecule has 50 valence electrons. The summed E-state index contributed by atoms with van der Waals surface area (Å²) >= 11 is 3.48. The van der Waals surface area contributed by atoms with Crippen LogP contribution in [0.25, 0.3) is 0 Å². The summed E-state index contributed by atoms with van der Waals surface area (Å²) in [5.74, 6) is -2.81. The molecule has 0 unspecified atom stereocenters. The van der Waals surface area contributed by atoms with Gasteiger partial charge in [-0.05, 0) is 15.9 Å². The number of hydrogen-bond donors (Lipinski definition) is 0. The molecule has 0 atom stereocenters. The molecule has 0 aliphatic heterocycles. The number of nitrogens with zero attached hydrogens (tertiary/aromatic N) is 1. The van der Waals surface area contributed by atoms with Gasteiger partial charge in [-0.1, -0.05) is 13.7 Å². The number of rotatable bonds is 1. The van der Waals surface area contributed by atoms with Gasteiger partial charge in [0.2, 0.25) is 0 Å². The first kappa shape index (κ1) is 2.05. The van der Waals surface area contributed by atoms with Gasteiger partial charge < -0.3 is 0 Å². The predicted octanol–water partition coefficient (Wildman–Crippen LogP) is 3.03. The molecule has 0 bridgehead atoms. The highest BCUT2D eigenvalue weighted by molar-refractivity contribution is 9.10. The van der Waals surface area contributed by atoms with Crippen molar-refractivity contribution in [3.63, 3.8) is 0 Å². The van der Waals surface area contributed by atoms with Crippen LogP contribution in [-0.4, -0.2) is 4.98 Å². The molecule has 0 saturated heterocycles. The van der Waals surface area contributed by atoms with Gasteiger partial charge in [-0.3, -0.25) is 0 Å². The lowest BCUT2D eigenvalue weighted by Crippen LogP contribution is -1.82. The quantitative estimate of drug-likeness (QED) is 0.700. The standard InChI is InChI=1S/C6H8BrNS/c1-4(2)6-8-5(7)3-9-6/h3-4H,1-2H3/i1D3,2D3,3D,4D. The molecule has 0 radical (unpaired) electrons. The van der Waals surface area contributed by atoms with Crippen LogP contribution in [0.4, 0.5) is 0 Å². The molecule has 1 heterocycles. The third-order valence-electron chi connectivity index (χ3n) is 0.645. The maximum Gasteiger partial charge on any atom is 0.117 e. The van der Waals surface area contributed by atoms with Crippen LogP contribution in [0.1, 0.15) is 35.6 Å². The van der Waals surface area contributed by atoms with E-state index in [0.717, 1.165) is 0 Å². The minimum atomic E-state index is -3.05. The average molecular weight is 214 g/mol. The van der Waals surface area contributed by atoms with E-state index in [1.165, 1.54) is 0 Å². The zero-order valence-electron chi connectivity index (χ0n) is 12.2. The normalized spacial score (nSPS) is 27.7. The van der Waals surface area contributed by atoms with Gasteiger partial charge in [0.25, 0.3) is 0 Å². The van der Waals surface area contributed by atoms with Gasteiger partial charge in [0.15, 0.2) is 0 Å². The highest BCUT2D eigenvalue weighted by atomic mass is 79.9. The minimum absolute atomic E-state index is 0.0441. The summed E-state index contributed by atoms with van der Waals surface area (Å²) in [6, 6.07) is 0. The molecule has 0 N–H and O–H groups in total. The molecule has 0 aliphatic carbocycles. The molecule has 1 nitrogen and oxygen atoms in total. The molecular formula is C6H8BrNS. The van der Waals surface area contributed by atoms with Crippen molar-refractivity contribution in [2.75, 3.05) is 0 Å². The van der Waals surface area contributed by atoms with Crippen molar-refractivity contribution in [2.45, 2.75) is 19.6 Å². The van der Waals surface area contributed by atoms with E-state index in [2.05, 4.69) is 20.9 Å². The van der Waals surface area contributed by atoms with E-state index in [1.54, 1.807) is 0 Å². The Morgan fingerprint density at radius 3 is 3.33 bits per heavy atom. The zero-order chi connectivity index (χ0) is 13.6. The zero-order valence-corrected chi connectivity index (χ0v) is 6.64. The van der Waals surface area contributed by atoms with E-state index in [0.29, 0.717) is 11.3 Å². The topological polar surface area (TPSA) is 12.9 Å². The van der Waals surface area contributed by atoms with E-state index in [9.17, 15) is 0 Å². The summed E-state index contributed by atoms with van der Waals surface area (Å²) in [5, 5.41) is -0.514. The Morgan fingerprint density at radius 2 is 2.89 bits per heavy atom. The molecule has 0 fully saturated rings. The summed E-state index contributed by atoms with van der Waals surface area (Å²) in [7, 11) is 0. The SMILES string of the molecule is [2H]c1sc(C([2H])(C([2H])([2H])[2H])C([2H])([2H])[2H])nc1Br. The lowest BCUT2D eigenvalue weighted by molar-refractivity contribution is 0.849. The van der Waals surface area contributed by atoms with E-state index < -0.39 is 24.6 Å². The van der Waals surface area contributed by atoms with Crippen LogP contribution >= 0.6 is 27.3 Å². The van der Waals surface area contributed by atoms with Crippen molar-refractivity contribution in [3.05, 3.63) is 15.0 Å². The molecule has 0 amide bonds. The lowest BCUT2D eigenvalue weighted by Gasteiger charge is -1.94. The Balaban J connectivity index is 3.46. The first-order chi connectivity index (χ1) is 7.41. The Morgan fingerprint density at radius 1 is 2.11 bits per heavy atom. The molecule has 9 heavy (non-hydrogen) atoms. The van der Waals surface area contributed by atoms with Gasteiger partial charge >= 0.3 is 0 Å². The third-order valence-corrected chi connectivity index (χ3v) is 2.07. The number of hydrogen-bond acceptors (Lipinski definition) is 2. The lowest BCUT2D eigenvalue weighted by atomic mass is 10.2.